The quantitative estimate of drug-likeness (QED) is 0.243. The number of hydrogen-bond donors (Lipinski definition) is 0. The molecule has 0 radical (unpaired) electrons. The molecule has 0 saturated heterocycles. The first-order valence-corrected chi connectivity index (χ1v) is 12.9. The Morgan fingerprint density at radius 3 is 2.00 bits per heavy atom. The van der Waals surface area contributed by atoms with Gasteiger partial charge in [0.05, 0.1) is 5.56 Å². The van der Waals surface area contributed by atoms with Crippen LogP contribution in [0.15, 0.2) is 72.8 Å². The fraction of sp³-hybridized carbons (Fsp3) is 0.375. The van der Waals surface area contributed by atoms with Crippen LogP contribution in [-0.2, 0) is 16.8 Å². The zero-order chi connectivity index (χ0) is 25.5. The minimum Gasteiger partial charge on any atom is -0.489 e. The van der Waals surface area contributed by atoms with Gasteiger partial charge in [0.1, 0.15) is 12.4 Å². The summed E-state index contributed by atoms with van der Waals surface area (Å²) in [5.41, 5.74) is 4.59. The summed E-state index contributed by atoms with van der Waals surface area (Å²) in [6.45, 7) is 6.68. The van der Waals surface area contributed by atoms with Crippen LogP contribution in [0.4, 0.5) is 0 Å². The molecule has 4 rings (SSSR count). The summed E-state index contributed by atoms with van der Waals surface area (Å²) in [6, 6.07) is 23.0. The molecule has 4 nitrogen and oxygen atoms in total. The summed E-state index contributed by atoms with van der Waals surface area (Å²) >= 11 is 0. The van der Waals surface area contributed by atoms with Gasteiger partial charge < -0.3 is 9.47 Å². The average Bonchev–Trinajstić information content (AvgIpc) is 2.91. The molecule has 4 heteroatoms. The van der Waals surface area contributed by atoms with Crippen molar-refractivity contribution in [3.63, 3.8) is 0 Å². The number of rotatable bonds is 8. The maximum atomic E-state index is 12.5. The van der Waals surface area contributed by atoms with Crippen molar-refractivity contribution in [3.05, 3.63) is 101 Å². The van der Waals surface area contributed by atoms with Crippen LogP contribution in [0.1, 0.15) is 96.2 Å². The zero-order valence-corrected chi connectivity index (χ0v) is 21.6. The number of ketones is 1. The van der Waals surface area contributed by atoms with E-state index < -0.39 is 5.97 Å². The van der Waals surface area contributed by atoms with Crippen molar-refractivity contribution in [1.29, 1.82) is 0 Å². The van der Waals surface area contributed by atoms with Crippen molar-refractivity contribution in [3.8, 4) is 5.75 Å². The first-order valence-electron chi connectivity index (χ1n) is 12.9. The lowest BCUT2D eigenvalue weighted by atomic mass is 9.84. The van der Waals surface area contributed by atoms with Crippen molar-refractivity contribution >= 4 is 11.8 Å². The Kier molecular flexibility index (Phi) is 8.25. The van der Waals surface area contributed by atoms with Gasteiger partial charge in [-0.2, -0.15) is 0 Å². The van der Waals surface area contributed by atoms with Gasteiger partial charge in [-0.1, -0.05) is 88.6 Å². The molecule has 0 N–H and O–H groups in total. The first kappa shape index (κ1) is 25.7. The van der Waals surface area contributed by atoms with E-state index in [0.717, 1.165) is 11.3 Å². The van der Waals surface area contributed by atoms with Gasteiger partial charge in [-0.3, -0.25) is 4.79 Å². The molecule has 0 bridgehead atoms. The van der Waals surface area contributed by atoms with Crippen molar-refractivity contribution in [2.45, 2.75) is 70.8 Å². The van der Waals surface area contributed by atoms with Gasteiger partial charge in [-0.05, 0) is 65.1 Å². The van der Waals surface area contributed by atoms with Crippen LogP contribution >= 0.6 is 0 Å². The van der Waals surface area contributed by atoms with E-state index in [0.29, 0.717) is 23.7 Å². The number of Topliss-reactive ketones (excluding diaryl/α,β-unsaturated/α-hetero) is 1. The Balaban J connectivity index is 1.24. The summed E-state index contributed by atoms with van der Waals surface area (Å²) in [5, 5.41) is 0. The highest BCUT2D eigenvalue weighted by atomic mass is 16.5. The largest absolute Gasteiger partial charge is 0.489 e. The Labute approximate surface area is 214 Å². The molecule has 1 saturated carbocycles. The highest BCUT2D eigenvalue weighted by Crippen LogP contribution is 2.32. The van der Waals surface area contributed by atoms with Crippen molar-refractivity contribution in [2.75, 3.05) is 6.61 Å². The van der Waals surface area contributed by atoms with E-state index in [1.165, 1.54) is 43.2 Å². The summed E-state index contributed by atoms with van der Waals surface area (Å²) in [4.78, 5) is 25.0. The average molecular weight is 485 g/mol. The fourth-order valence-electron chi connectivity index (χ4n) is 4.63. The second kappa shape index (κ2) is 11.6. The Hall–Kier alpha value is -3.40. The summed E-state index contributed by atoms with van der Waals surface area (Å²) in [7, 11) is 0. The second-order valence-electron chi connectivity index (χ2n) is 10.7. The minimum atomic E-state index is -0.507. The summed E-state index contributed by atoms with van der Waals surface area (Å²) in [5.74, 6) is 0.702. The lowest BCUT2D eigenvalue weighted by molar-refractivity contribution is 0.0474. The Morgan fingerprint density at radius 2 is 1.39 bits per heavy atom. The lowest BCUT2D eigenvalue weighted by Crippen LogP contribution is -2.14. The van der Waals surface area contributed by atoms with Gasteiger partial charge >= 0.3 is 5.97 Å². The van der Waals surface area contributed by atoms with Gasteiger partial charge in [0.2, 0.25) is 0 Å². The number of ether oxygens (including phenoxy) is 2. The van der Waals surface area contributed by atoms with Crippen LogP contribution < -0.4 is 4.74 Å². The van der Waals surface area contributed by atoms with E-state index in [-0.39, 0.29) is 17.8 Å². The highest BCUT2D eigenvalue weighted by molar-refractivity contribution is 5.99. The van der Waals surface area contributed by atoms with Crippen LogP contribution in [0.25, 0.3) is 0 Å². The molecule has 3 aromatic rings. The van der Waals surface area contributed by atoms with Gasteiger partial charge in [0, 0.05) is 5.56 Å². The molecule has 0 amide bonds. The van der Waals surface area contributed by atoms with Crippen molar-refractivity contribution in [2.24, 2.45) is 0 Å². The lowest BCUT2D eigenvalue weighted by Gasteiger charge is -2.22. The van der Waals surface area contributed by atoms with Crippen LogP contribution in [0.3, 0.4) is 0 Å². The molecule has 0 unspecified atom stereocenters. The van der Waals surface area contributed by atoms with Crippen molar-refractivity contribution < 1.29 is 19.1 Å². The molecule has 0 aliphatic heterocycles. The van der Waals surface area contributed by atoms with Crippen LogP contribution in [0.5, 0.6) is 5.75 Å². The fourth-order valence-corrected chi connectivity index (χ4v) is 4.63. The molecule has 0 atom stereocenters. The molecule has 1 aliphatic rings. The topological polar surface area (TPSA) is 52.6 Å². The predicted octanol–water partition coefficient (Wildman–Crippen LogP) is 7.65. The first-order chi connectivity index (χ1) is 17.3. The van der Waals surface area contributed by atoms with E-state index >= 15 is 0 Å². The third-order valence-corrected chi connectivity index (χ3v) is 6.96. The van der Waals surface area contributed by atoms with Crippen LogP contribution in [-0.4, -0.2) is 18.4 Å². The molecule has 3 aromatic carbocycles. The summed E-state index contributed by atoms with van der Waals surface area (Å²) < 4.78 is 11.2. The molecule has 0 aromatic heterocycles. The third-order valence-electron chi connectivity index (χ3n) is 6.96. The van der Waals surface area contributed by atoms with Gasteiger partial charge in [-0.25, -0.2) is 4.79 Å². The predicted molar refractivity (Wildman–Crippen MR) is 143 cm³/mol. The highest BCUT2D eigenvalue weighted by Gasteiger charge is 2.17. The molecule has 0 heterocycles. The zero-order valence-electron chi connectivity index (χ0n) is 21.6. The van der Waals surface area contributed by atoms with E-state index in [1.807, 2.05) is 48.5 Å². The number of carbonyl (C=O) groups excluding carboxylic acids is 2. The van der Waals surface area contributed by atoms with E-state index in [4.69, 9.17) is 9.47 Å². The van der Waals surface area contributed by atoms with Crippen LogP contribution in [0, 0.1) is 0 Å². The number of carbonyl (C=O) groups is 2. The molecule has 0 spiro atoms. The second-order valence-corrected chi connectivity index (χ2v) is 10.7. The molecule has 1 fully saturated rings. The number of hydrogen-bond acceptors (Lipinski definition) is 4. The third kappa shape index (κ3) is 6.84. The number of esters is 1. The van der Waals surface area contributed by atoms with Crippen LogP contribution in [0.2, 0.25) is 0 Å². The van der Waals surface area contributed by atoms with Gasteiger partial charge in [0.15, 0.2) is 12.4 Å². The van der Waals surface area contributed by atoms with E-state index in [2.05, 4.69) is 32.9 Å². The Morgan fingerprint density at radius 1 is 0.778 bits per heavy atom. The SMILES string of the molecule is CC(C)(C)c1ccc(OCc2ccc(C(=O)OCC(=O)c3ccc(C4CCCCC4)cc3)cc2)cc1. The van der Waals surface area contributed by atoms with Gasteiger partial charge in [-0.15, -0.1) is 0 Å². The monoisotopic (exact) mass is 484 g/mol. The Bertz CT molecular complexity index is 1150. The minimum absolute atomic E-state index is 0.104. The smallest absolute Gasteiger partial charge is 0.338 e. The molecular weight excluding hydrogens is 448 g/mol. The molecule has 1 aliphatic carbocycles. The standard InChI is InChI=1S/C32H36O4/c1-32(2,3)28-17-19-29(20-18-28)35-21-23-9-11-27(12-10-23)31(34)36-22-30(33)26-15-13-25(14-16-26)24-7-5-4-6-8-24/h9-20,24H,4-8,21-22H2,1-3H3. The maximum Gasteiger partial charge on any atom is 0.338 e. The molecule has 188 valence electrons. The normalized spacial score (nSPS) is 14.3. The maximum absolute atomic E-state index is 12.5. The van der Waals surface area contributed by atoms with Crippen molar-refractivity contribution in [1.82, 2.24) is 0 Å². The number of benzene rings is 3. The van der Waals surface area contributed by atoms with E-state index in [9.17, 15) is 9.59 Å². The molecule has 36 heavy (non-hydrogen) atoms. The summed E-state index contributed by atoms with van der Waals surface area (Å²) in [6.07, 6.45) is 6.32. The van der Waals surface area contributed by atoms with Gasteiger partial charge in [0.25, 0.3) is 0 Å². The molecular formula is C32H36O4. The van der Waals surface area contributed by atoms with E-state index in [1.54, 1.807) is 12.1 Å².